The highest BCUT2D eigenvalue weighted by Gasteiger charge is 2.60. The lowest BCUT2D eigenvalue weighted by Gasteiger charge is -2.54. The number of aromatic nitrogens is 1. The number of aliphatic hydroxyl groups is 1. The van der Waals surface area contributed by atoms with Gasteiger partial charge in [-0.15, -0.1) is 0 Å². The summed E-state index contributed by atoms with van der Waals surface area (Å²) in [5.74, 6) is -2.70. The standard InChI is InChI=1S/C27H31NO10/c1-14(29)34-13-26(4,37-16(3)31)18-9-19-24(32)23-21(38-27(19,5)22(10-18)35-15(2)30)11-20(36-25(23)33)17-7-6-8-28-12-17/h6-8,11-12,18-19,22,24,32H,9-10,13H2,1-5H3/t18?,19-,22-,24+,26-,27-/m0/s1. The van der Waals surface area contributed by atoms with Crippen molar-refractivity contribution in [2.75, 3.05) is 6.61 Å². The van der Waals surface area contributed by atoms with Gasteiger partial charge >= 0.3 is 23.5 Å². The van der Waals surface area contributed by atoms with Gasteiger partial charge in [-0.25, -0.2) is 4.79 Å². The van der Waals surface area contributed by atoms with Gasteiger partial charge in [0.1, 0.15) is 41.0 Å². The Hall–Kier alpha value is -3.73. The maximum atomic E-state index is 13.1. The van der Waals surface area contributed by atoms with Crippen LogP contribution in [0, 0.1) is 11.8 Å². The second-order valence-electron chi connectivity index (χ2n) is 10.2. The van der Waals surface area contributed by atoms with Crippen LogP contribution in [-0.2, 0) is 28.6 Å². The van der Waals surface area contributed by atoms with E-state index in [1.807, 2.05) is 0 Å². The number of hydrogen-bond acceptors (Lipinski definition) is 11. The number of carbonyl (C=O) groups excluding carboxylic acids is 3. The predicted molar refractivity (Wildman–Crippen MR) is 131 cm³/mol. The van der Waals surface area contributed by atoms with Crippen LogP contribution in [0.5, 0.6) is 5.75 Å². The average molecular weight is 530 g/mol. The molecule has 1 N–H and O–H groups in total. The summed E-state index contributed by atoms with van der Waals surface area (Å²) >= 11 is 0. The monoisotopic (exact) mass is 529 g/mol. The smallest absolute Gasteiger partial charge is 0.345 e. The van der Waals surface area contributed by atoms with E-state index >= 15 is 0 Å². The van der Waals surface area contributed by atoms with Gasteiger partial charge in [0.05, 0.1) is 6.10 Å². The molecular formula is C27H31NO10. The summed E-state index contributed by atoms with van der Waals surface area (Å²) in [5.41, 5.74) is -2.83. The van der Waals surface area contributed by atoms with Crippen LogP contribution >= 0.6 is 0 Å². The molecule has 0 amide bonds. The summed E-state index contributed by atoms with van der Waals surface area (Å²) in [6, 6.07) is 4.92. The van der Waals surface area contributed by atoms with Crippen molar-refractivity contribution in [2.24, 2.45) is 11.8 Å². The first-order chi connectivity index (χ1) is 17.8. The lowest BCUT2D eigenvalue weighted by atomic mass is 9.62. The molecule has 1 aliphatic carbocycles. The molecule has 204 valence electrons. The third-order valence-corrected chi connectivity index (χ3v) is 7.43. The van der Waals surface area contributed by atoms with E-state index in [0.717, 1.165) is 0 Å². The van der Waals surface area contributed by atoms with E-state index < -0.39 is 58.8 Å². The number of pyridine rings is 1. The molecule has 6 atom stereocenters. The topological polar surface area (TPSA) is 151 Å². The number of aliphatic hydroxyl groups excluding tert-OH is 1. The van der Waals surface area contributed by atoms with Crippen molar-refractivity contribution in [3.63, 3.8) is 0 Å². The Morgan fingerprint density at radius 1 is 1.18 bits per heavy atom. The van der Waals surface area contributed by atoms with Crippen LogP contribution in [0.1, 0.15) is 59.1 Å². The molecule has 2 aromatic rings. The molecule has 0 saturated heterocycles. The maximum absolute atomic E-state index is 13.1. The van der Waals surface area contributed by atoms with E-state index in [1.54, 1.807) is 32.2 Å². The molecule has 2 aromatic heterocycles. The van der Waals surface area contributed by atoms with Crippen molar-refractivity contribution in [3.05, 3.63) is 46.6 Å². The van der Waals surface area contributed by atoms with Gasteiger partial charge in [-0.3, -0.25) is 19.4 Å². The Morgan fingerprint density at radius 3 is 2.53 bits per heavy atom. The third-order valence-electron chi connectivity index (χ3n) is 7.43. The Labute approximate surface area is 219 Å². The number of ether oxygens (including phenoxy) is 4. The van der Waals surface area contributed by atoms with E-state index in [1.165, 1.54) is 33.0 Å². The van der Waals surface area contributed by atoms with Crippen molar-refractivity contribution in [1.29, 1.82) is 0 Å². The SMILES string of the molecule is CC(=O)OC[C@](C)(OC(C)=O)C1C[C@H](OC(C)=O)[C@@]2(C)Oc3cc(-c4cccnc4)oc(=O)c3[C@H](O)[C@@H]2C1. The summed E-state index contributed by atoms with van der Waals surface area (Å²) in [4.78, 5) is 52.8. The first kappa shape index (κ1) is 27.3. The summed E-state index contributed by atoms with van der Waals surface area (Å²) in [5, 5.41) is 11.5. The summed E-state index contributed by atoms with van der Waals surface area (Å²) in [6.07, 6.45) is 1.24. The van der Waals surface area contributed by atoms with E-state index in [-0.39, 0.29) is 36.5 Å². The summed E-state index contributed by atoms with van der Waals surface area (Å²) in [7, 11) is 0. The molecule has 3 heterocycles. The van der Waals surface area contributed by atoms with Gasteiger partial charge in [0.2, 0.25) is 0 Å². The molecule has 4 rings (SSSR count). The first-order valence-electron chi connectivity index (χ1n) is 12.3. The maximum Gasteiger partial charge on any atom is 0.345 e. The van der Waals surface area contributed by atoms with Crippen molar-refractivity contribution in [3.8, 4) is 17.1 Å². The van der Waals surface area contributed by atoms with E-state index in [0.29, 0.717) is 5.56 Å². The van der Waals surface area contributed by atoms with Gasteiger partial charge in [0.15, 0.2) is 0 Å². The van der Waals surface area contributed by atoms with Crippen molar-refractivity contribution in [1.82, 2.24) is 4.98 Å². The molecule has 2 aliphatic rings. The highest BCUT2D eigenvalue weighted by molar-refractivity contribution is 5.68. The zero-order chi connectivity index (χ0) is 27.8. The zero-order valence-corrected chi connectivity index (χ0v) is 21.9. The van der Waals surface area contributed by atoms with Gasteiger partial charge in [-0.2, -0.15) is 0 Å². The minimum atomic E-state index is -1.35. The fourth-order valence-corrected chi connectivity index (χ4v) is 5.54. The number of hydrogen-bond donors (Lipinski definition) is 1. The van der Waals surface area contributed by atoms with Crippen molar-refractivity contribution in [2.45, 2.75) is 70.9 Å². The number of carbonyl (C=O) groups is 3. The van der Waals surface area contributed by atoms with Crippen LogP contribution < -0.4 is 10.4 Å². The fourth-order valence-electron chi connectivity index (χ4n) is 5.54. The molecule has 38 heavy (non-hydrogen) atoms. The Balaban J connectivity index is 1.78. The molecule has 0 radical (unpaired) electrons. The molecule has 0 bridgehead atoms. The molecule has 1 fully saturated rings. The normalized spacial score (nSPS) is 27.5. The van der Waals surface area contributed by atoms with Crippen LogP contribution in [0.3, 0.4) is 0 Å². The molecule has 0 aromatic carbocycles. The molecule has 1 aliphatic heterocycles. The second kappa shape index (κ2) is 10.2. The molecule has 11 heteroatoms. The van der Waals surface area contributed by atoms with Crippen LogP contribution in [0.4, 0.5) is 0 Å². The second-order valence-corrected chi connectivity index (χ2v) is 10.2. The quantitative estimate of drug-likeness (QED) is 0.434. The van der Waals surface area contributed by atoms with E-state index in [2.05, 4.69) is 4.98 Å². The van der Waals surface area contributed by atoms with Crippen LogP contribution in [0.2, 0.25) is 0 Å². The first-order valence-corrected chi connectivity index (χ1v) is 12.3. The summed E-state index contributed by atoms with van der Waals surface area (Å²) in [6.45, 7) is 6.82. The number of rotatable bonds is 6. The van der Waals surface area contributed by atoms with Crippen LogP contribution in [-0.4, -0.2) is 51.9 Å². The lowest BCUT2D eigenvalue weighted by Crippen LogP contribution is -2.63. The third kappa shape index (κ3) is 5.15. The molecule has 1 unspecified atom stereocenters. The predicted octanol–water partition coefficient (Wildman–Crippen LogP) is 2.73. The van der Waals surface area contributed by atoms with Crippen LogP contribution in [0.15, 0.2) is 39.8 Å². The largest absolute Gasteiger partial charge is 0.482 e. The molecule has 0 spiro atoms. The number of fused-ring (bicyclic) bond motifs is 2. The zero-order valence-electron chi connectivity index (χ0n) is 21.9. The van der Waals surface area contributed by atoms with Gasteiger partial charge in [0, 0.05) is 56.6 Å². The van der Waals surface area contributed by atoms with Crippen molar-refractivity contribution < 1.29 is 42.9 Å². The van der Waals surface area contributed by atoms with Crippen molar-refractivity contribution >= 4 is 17.9 Å². The van der Waals surface area contributed by atoms with E-state index in [9.17, 15) is 24.3 Å². The molecule has 1 saturated carbocycles. The minimum absolute atomic E-state index is 0.0588. The Kier molecular flexibility index (Phi) is 7.33. The van der Waals surface area contributed by atoms with Gasteiger partial charge in [-0.1, -0.05) is 0 Å². The average Bonchev–Trinajstić information content (AvgIpc) is 2.83. The van der Waals surface area contributed by atoms with Gasteiger partial charge in [-0.05, 0) is 38.8 Å². The molecular weight excluding hydrogens is 498 g/mol. The highest BCUT2D eigenvalue weighted by atomic mass is 16.6. The van der Waals surface area contributed by atoms with Gasteiger partial charge in [0.25, 0.3) is 0 Å². The highest BCUT2D eigenvalue weighted by Crippen LogP contribution is 2.54. The molecule has 11 nitrogen and oxygen atoms in total. The summed E-state index contributed by atoms with van der Waals surface area (Å²) < 4.78 is 28.4. The Bertz CT molecular complexity index is 1290. The van der Waals surface area contributed by atoms with E-state index in [4.69, 9.17) is 23.4 Å². The Morgan fingerprint density at radius 2 is 1.92 bits per heavy atom. The van der Waals surface area contributed by atoms with Crippen LogP contribution in [0.25, 0.3) is 11.3 Å². The van der Waals surface area contributed by atoms with Gasteiger partial charge < -0.3 is 28.5 Å². The number of esters is 3. The minimum Gasteiger partial charge on any atom is -0.482 e. The lowest BCUT2D eigenvalue weighted by molar-refractivity contribution is -0.215. The number of nitrogens with zero attached hydrogens (tertiary/aromatic N) is 1. The fraction of sp³-hybridized carbons (Fsp3) is 0.519.